The molecule has 0 spiro atoms. The van der Waals surface area contributed by atoms with Crippen molar-refractivity contribution in [3.63, 3.8) is 0 Å². The molecule has 1 amide bonds. The molecule has 76 heavy (non-hydrogen) atoms. The Bertz CT molecular complexity index is 1610. The molecule has 0 aromatic heterocycles. The Morgan fingerprint density at radius 2 is 0.816 bits per heavy atom. The zero-order valence-corrected chi connectivity index (χ0v) is 48.2. The molecular formula is C67H113NO8. The summed E-state index contributed by atoms with van der Waals surface area (Å²) in [5.74, 6) is -0.237. The summed E-state index contributed by atoms with van der Waals surface area (Å²) in [5, 5.41) is 54.6. The molecule has 0 bridgehead atoms. The highest BCUT2D eigenvalue weighted by Crippen LogP contribution is 2.23. The van der Waals surface area contributed by atoms with Crippen molar-refractivity contribution in [2.45, 2.75) is 281 Å². The molecule has 1 rings (SSSR count). The third kappa shape index (κ3) is 43.6. The van der Waals surface area contributed by atoms with Crippen molar-refractivity contribution >= 4 is 5.91 Å². The maximum Gasteiger partial charge on any atom is 0.220 e. The second-order valence-electron chi connectivity index (χ2n) is 20.8. The first kappa shape index (κ1) is 70.6. The Morgan fingerprint density at radius 3 is 1.20 bits per heavy atom. The highest BCUT2D eigenvalue weighted by molar-refractivity contribution is 5.76. The number of carbonyl (C=O) groups is 1. The van der Waals surface area contributed by atoms with Crippen LogP contribution in [0.1, 0.15) is 239 Å². The number of carbonyl (C=O) groups excluding carboxylic acids is 1. The van der Waals surface area contributed by atoms with Gasteiger partial charge in [-0.3, -0.25) is 4.79 Å². The van der Waals surface area contributed by atoms with Gasteiger partial charge >= 0.3 is 0 Å². The molecule has 9 nitrogen and oxygen atoms in total. The lowest BCUT2D eigenvalue weighted by Crippen LogP contribution is -2.60. The van der Waals surface area contributed by atoms with Crippen LogP contribution in [-0.4, -0.2) is 87.5 Å². The minimum atomic E-state index is -1.59. The second-order valence-corrected chi connectivity index (χ2v) is 20.8. The normalized spacial score (nSPS) is 19.7. The first-order chi connectivity index (χ1) is 37.3. The lowest BCUT2D eigenvalue weighted by Gasteiger charge is -2.40. The van der Waals surface area contributed by atoms with Crippen LogP contribution in [0.3, 0.4) is 0 Å². The fourth-order valence-electron chi connectivity index (χ4n) is 8.98. The van der Waals surface area contributed by atoms with E-state index < -0.39 is 49.5 Å². The molecule has 7 unspecified atom stereocenters. The predicted octanol–water partition coefficient (Wildman–Crippen LogP) is 15.9. The largest absolute Gasteiger partial charge is 0.394 e. The highest BCUT2D eigenvalue weighted by atomic mass is 16.7. The summed E-state index contributed by atoms with van der Waals surface area (Å²) in [4.78, 5) is 13.1. The van der Waals surface area contributed by atoms with Gasteiger partial charge in [0.1, 0.15) is 24.4 Å². The fraction of sp³-hybridized carbons (Fsp3) is 0.687. The molecule has 1 aliphatic heterocycles. The Morgan fingerprint density at radius 1 is 0.461 bits per heavy atom. The molecule has 1 aliphatic rings. The van der Waals surface area contributed by atoms with E-state index in [1.54, 1.807) is 6.08 Å². The van der Waals surface area contributed by atoms with Crippen molar-refractivity contribution in [2.75, 3.05) is 13.2 Å². The summed E-state index contributed by atoms with van der Waals surface area (Å²) in [6, 6.07) is -0.846. The number of amides is 1. The van der Waals surface area contributed by atoms with Gasteiger partial charge in [-0.2, -0.15) is 0 Å². The van der Waals surface area contributed by atoms with Gasteiger partial charge in [0.2, 0.25) is 5.91 Å². The van der Waals surface area contributed by atoms with E-state index in [0.29, 0.717) is 6.42 Å². The molecule has 0 saturated carbocycles. The predicted molar refractivity (Wildman–Crippen MR) is 322 cm³/mol. The Labute approximate surface area is 465 Å². The van der Waals surface area contributed by atoms with Gasteiger partial charge in [0.25, 0.3) is 0 Å². The van der Waals surface area contributed by atoms with Crippen LogP contribution in [0.2, 0.25) is 0 Å². The SMILES string of the molecule is CC/C=C\C/C=C\C/C=C\C/C=C\C/C=C\C/C=C\C/C=C\C/C=C\C/C=C\CCCC(=O)NC(COC1OC(CO)C(O)C(O)C1O)C(O)/C=C/CCCCCCCCCCCCCCCCCCCCCCCC. The number of hydrogen-bond acceptors (Lipinski definition) is 8. The quantitative estimate of drug-likeness (QED) is 0.0261. The Balaban J connectivity index is 2.28. The monoisotopic (exact) mass is 1060 g/mol. The van der Waals surface area contributed by atoms with Crippen LogP contribution in [0.15, 0.2) is 122 Å². The molecule has 0 aliphatic carbocycles. The molecule has 0 radical (unpaired) electrons. The summed E-state index contributed by atoms with van der Waals surface area (Å²) >= 11 is 0. The van der Waals surface area contributed by atoms with Crippen LogP contribution in [0.5, 0.6) is 0 Å². The number of aliphatic hydroxyl groups excluding tert-OH is 5. The summed E-state index contributed by atoms with van der Waals surface area (Å²) in [7, 11) is 0. The summed E-state index contributed by atoms with van der Waals surface area (Å²) < 4.78 is 11.3. The second kappa shape index (κ2) is 54.9. The number of nitrogens with one attached hydrogen (secondary N) is 1. The Kier molecular flexibility index (Phi) is 51.0. The van der Waals surface area contributed by atoms with Gasteiger partial charge in [-0.25, -0.2) is 0 Å². The smallest absolute Gasteiger partial charge is 0.220 e. The molecule has 434 valence electrons. The maximum atomic E-state index is 13.1. The molecular weight excluding hydrogens is 947 g/mol. The molecule has 0 aromatic rings. The number of hydrogen-bond donors (Lipinski definition) is 6. The zero-order valence-electron chi connectivity index (χ0n) is 48.2. The van der Waals surface area contributed by atoms with E-state index in [4.69, 9.17) is 9.47 Å². The third-order valence-corrected chi connectivity index (χ3v) is 13.8. The van der Waals surface area contributed by atoms with Crippen molar-refractivity contribution in [1.29, 1.82) is 0 Å². The van der Waals surface area contributed by atoms with Gasteiger partial charge in [0.15, 0.2) is 6.29 Å². The minimum absolute atomic E-state index is 0.219. The number of ether oxygens (including phenoxy) is 2. The number of rotatable bonds is 51. The minimum Gasteiger partial charge on any atom is -0.394 e. The van der Waals surface area contributed by atoms with Gasteiger partial charge < -0.3 is 40.3 Å². The van der Waals surface area contributed by atoms with Crippen LogP contribution >= 0.6 is 0 Å². The van der Waals surface area contributed by atoms with E-state index in [9.17, 15) is 30.3 Å². The third-order valence-electron chi connectivity index (χ3n) is 13.8. The fourth-order valence-corrected chi connectivity index (χ4v) is 8.98. The Hall–Kier alpha value is -3.41. The molecule has 1 heterocycles. The highest BCUT2D eigenvalue weighted by Gasteiger charge is 2.44. The molecule has 1 saturated heterocycles. The molecule has 6 N–H and O–H groups in total. The molecule has 9 heteroatoms. The summed E-state index contributed by atoms with van der Waals surface area (Å²) in [6.45, 7) is 3.64. The van der Waals surface area contributed by atoms with Crippen molar-refractivity contribution < 1.29 is 39.8 Å². The standard InChI is InChI=1S/C67H113NO8/c1-3-5-7-9-11-13-15-17-19-21-23-25-27-29-30-31-32-33-35-37-39-41-43-45-47-49-51-53-55-57-63(71)68-60(59-75-67-66(74)65(73)64(72)62(58-69)76-67)61(70)56-54-52-50-48-46-44-42-40-38-36-34-28-26-24-22-20-18-16-14-12-10-8-6-4-2/h5,7,11,13,17,19,23,25,29-30,32-33,37,39,43,45,49,51,54,56,60-62,64-67,69-70,72-74H,3-4,6,8-10,12,14-16,18,20-22,24,26-28,31,34-36,38,40-42,44,46-48,50,52-53,55,57-59H2,1-2H3,(H,68,71)/b7-5-,13-11-,19-17-,25-23-,30-29-,33-32-,39-37-,45-43-,51-49-,56-54+. The summed E-state index contributed by atoms with van der Waals surface area (Å²) in [5.41, 5.74) is 0. The van der Waals surface area contributed by atoms with Gasteiger partial charge in [0.05, 0.1) is 25.4 Å². The van der Waals surface area contributed by atoms with Gasteiger partial charge in [-0.1, -0.05) is 270 Å². The van der Waals surface area contributed by atoms with Crippen LogP contribution < -0.4 is 5.32 Å². The van der Waals surface area contributed by atoms with Gasteiger partial charge in [-0.15, -0.1) is 0 Å². The van der Waals surface area contributed by atoms with Crippen molar-refractivity contribution in [3.8, 4) is 0 Å². The number of allylic oxidation sites excluding steroid dienone is 19. The number of aliphatic hydroxyl groups is 5. The first-order valence-electron chi connectivity index (χ1n) is 30.8. The van der Waals surface area contributed by atoms with E-state index in [2.05, 4.69) is 129 Å². The topological polar surface area (TPSA) is 149 Å². The van der Waals surface area contributed by atoms with E-state index >= 15 is 0 Å². The van der Waals surface area contributed by atoms with E-state index in [-0.39, 0.29) is 18.9 Å². The van der Waals surface area contributed by atoms with E-state index in [1.165, 1.54) is 128 Å². The molecule has 0 aromatic carbocycles. The zero-order chi connectivity index (χ0) is 55.0. The molecule has 7 atom stereocenters. The van der Waals surface area contributed by atoms with Gasteiger partial charge in [-0.05, 0) is 83.5 Å². The first-order valence-corrected chi connectivity index (χ1v) is 30.8. The average molecular weight is 1060 g/mol. The van der Waals surface area contributed by atoms with Crippen LogP contribution in [0, 0.1) is 0 Å². The van der Waals surface area contributed by atoms with Crippen molar-refractivity contribution in [3.05, 3.63) is 122 Å². The van der Waals surface area contributed by atoms with Crippen molar-refractivity contribution in [2.24, 2.45) is 0 Å². The van der Waals surface area contributed by atoms with Crippen LogP contribution in [-0.2, 0) is 14.3 Å². The van der Waals surface area contributed by atoms with E-state index in [0.717, 1.165) is 83.5 Å². The van der Waals surface area contributed by atoms with Crippen LogP contribution in [0.4, 0.5) is 0 Å². The summed E-state index contributed by atoms with van der Waals surface area (Å²) in [6.07, 6.45) is 75.6. The maximum absolute atomic E-state index is 13.1. The van der Waals surface area contributed by atoms with Gasteiger partial charge in [0, 0.05) is 6.42 Å². The lowest BCUT2D eigenvalue weighted by molar-refractivity contribution is -0.302. The average Bonchev–Trinajstić information content (AvgIpc) is 3.42. The number of unbranched alkanes of at least 4 members (excludes halogenated alkanes) is 23. The van der Waals surface area contributed by atoms with Crippen molar-refractivity contribution in [1.82, 2.24) is 5.32 Å². The van der Waals surface area contributed by atoms with Crippen LogP contribution in [0.25, 0.3) is 0 Å². The molecule has 1 fully saturated rings. The lowest BCUT2D eigenvalue weighted by atomic mass is 9.99. The van der Waals surface area contributed by atoms with E-state index in [1.807, 2.05) is 6.08 Å².